The summed E-state index contributed by atoms with van der Waals surface area (Å²) in [5.74, 6) is -0.255. The Morgan fingerprint density at radius 3 is 2.61 bits per heavy atom. The first-order valence-corrected chi connectivity index (χ1v) is 5.65. The first-order valence-electron chi connectivity index (χ1n) is 5.65. The molecular weight excluding hydrogens is 228 g/mol. The van der Waals surface area contributed by atoms with E-state index in [0.717, 1.165) is 11.3 Å². The molecule has 94 valence electrons. The molecule has 1 heterocycles. The van der Waals surface area contributed by atoms with Crippen LogP contribution >= 0.6 is 0 Å². The van der Waals surface area contributed by atoms with E-state index in [0.29, 0.717) is 17.1 Å². The van der Waals surface area contributed by atoms with Gasteiger partial charge in [-0.05, 0) is 37.6 Å². The Bertz CT molecular complexity index is 582. The summed E-state index contributed by atoms with van der Waals surface area (Å²) in [4.78, 5) is 12.0. The van der Waals surface area contributed by atoms with E-state index in [1.165, 1.54) is 0 Å². The second kappa shape index (κ2) is 4.52. The van der Waals surface area contributed by atoms with E-state index >= 15 is 0 Å². The van der Waals surface area contributed by atoms with Crippen molar-refractivity contribution < 1.29 is 4.79 Å². The van der Waals surface area contributed by atoms with Crippen molar-refractivity contribution in [2.45, 2.75) is 13.8 Å². The minimum Gasteiger partial charge on any atom is -0.397 e. The van der Waals surface area contributed by atoms with Gasteiger partial charge in [-0.2, -0.15) is 5.10 Å². The van der Waals surface area contributed by atoms with Gasteiger partial charge in [0.2, 0.25) is 0 Å². The van der Waals surface area contributed by atoms with Crippen LogP contribution in [0.25, 0.3) is 0 Å². The maximum atomic E-state index is 12.0. The van der Waals surface area contributed by atoms with Crippen LogP contribution in [-0.4, -0.2) is 15.7 Å². The van der Waals surface area contributed by atoms with Crippen molar-refractivity contribution in [3.05, 3.63) is 41.2 Å². The second-order valence-electron chi connectivity index (χ2n) is 4.34. The van der Waals surface area contributed by atoms with E-state index in [2.05, 4.69) is 10.4 Å². The van der Waals surface area contributed by atoms with Crippen LogP contribution in [0.4, 0.5) is 11.4 Å². The molecule has 0 saturated heterocycles. The number of nitrogens with one attached hydrogen (secondary N) is 1. The quantitative estimate of drug-likeness (QED) is 0.792. The van der Waals surface area contributed by atoms with Gasteiger partial charge in [-0.15, -0.1) is 0 Å². The van der Waals surface area contributed by atoms with Crippen LogP contribution in [0.15, 0.2) is 24.3 Å². The first-order chi connectivity index (χ1) is 8.47. The number of hydrogen-bond acceptors (Lipinski definition) is 3. The summed E-state index contributed by atoms with van der Waals surface area (Å²) in [6.45, 7) is 3.84. The average Bonchev–Trinajstić information content (AvgIpc) is 2.63. The molecular formula is C13H16N4O. The fourth-order valence-electron chi connectivity index (χ4n) is 1.65. The number of amides is 1. The molecule has 5 heteroatoms. The number of aryl methyl sites for hydroxylation is 3. The van der Waals surface area contributed by atoms with Gasteiger partial charge in [0.1, 0.15) is 0 Å². The lowest BCUT2D eigenvalue weighted by molar-refractivity contribution is 0.102. The Morgan fingerprint density at radius 2 is 2.06 bits per heavy atom. The Morgan fingerprint density at radius 1 is 1.33 bits per heavy atom. The number of rotatable bonds is 2. The highest BCUT2D eigenvalue weighted by Crippen LogP contribution is 2.20. The van der Waals surface area contributed by atoms with Crippen molar-refractivity contribution in [2.24, 2.45) is 7.05 Å². The normalized spacial score (nSPS) is 10.4. The molecule has 0 aliphatic carbocycles. The van der Waals surface area contributed by atoms with Crippen molar-refractivity contribution in [1.29, 1.82) is 0 Å². The van der Waals surface area contributed by atoms with Gasteiger partial charge >= 0.3 is 0 Å². The number of nitrogens with zero attached hydrogens (tertiary/aromatic N) is 2. The number of benzene rings is 1. The van der Waals surface area contributed by atoms with E-state index in [1.54, 1.807) is 23.9 Å². The molecule has 1 amide bonds. The van der Waals surface area contributed by atoms with Gasteiger partial charge in [0.15, 0.2) is 5.69 Å². The molecule has 0 fully saturated rings. The maximum absolute atomic E-state index is 12.0. The number of carbonyl (C=O) groups is 1. The minimum absolute atomic E-state index is 0.255. The molecule has 0 saturated carbocycles. The average molecular weight is 244 g/mol. The van der Waals surface area contributed by atoms with E-state index in [1.807, 2.05) is 26.0 Å². The monoisotopic (exact) mass is 244 g/mol. The maximum Gasteiger partial charge on any atom is 0.276 e. The molecule has 0 aliphatic heterocycles. The second-order valence-corrected chi connectivity index (χ2v) is 4.34. The topological polar surface area (TPSA) is 72.9 Å². The van der Waals surface area contributed by atoms with Crippen molar-refractivity contribution >= 4 is 17.3 Å². The number of nitrogen functional groups attached to an aromatic ring is 1. The highest BCUT2D eigenvalue weighted by atomic mass is 16.1. The molecule has 0 unspecified atom stereocenters. The van der Waals surface area contributed by atoms with Gasteiger partial charge in [-0.3, -0.25) is 9.48 Å². The number of anilines is 2. The molecule has 2 aromatic rings. The zero-order valence-electron chi connectivity index (χ0n) is 10.7. The van der Waals surface area contributed by atoms with Crippen molar-refractivity contribution in [1.82, 2.24) is 9.78 Å². The molecule has 0 aliphatic rings. The van der Waals surface area contributed by atoms with E-state index < -0.39 is 0 Å². The summed E-state index contributed by atoms with van der Waals surface area (Å²) in [7, 11) is 1.80. The van der Waals surface area contributed by atoms with E-state index in [9.17, 15) is 4.79 Å². The highest BCUT2D eigenvalue weighted by molar-refractivity contribution is 6.04. The van der Waals surface area contributed by atoms with Crippen molar-refractivity contribution in [2.75, 3.05) is 11.1 Å². The van der Waals surface area contributed by atoms with Gasteiger partial charge in [0, 0.05) is 12.7 Å². The molecule has 1 aromatic carbocycles. The number of nitrogens with two attached hydrogens (primary N) is 1. The van der Waals surface area contributed by atoms with Crippen LogP contribution in [0.2, 0.25) is 0 Å². The Hall–Kier alpha value is -2.30. The molecule has 0 atom stereocenters. The summed E-state index contributed by atoms with van der Waals surface area (Å²) < 4.78 is 1.66. The lowest BCUT2D eigenvalue weighted by Crippen LogP contribution is -2.14. The summed E-state index contributed by atoms with van der Waals surface area (Å²) in [5, 5.41) is 6.87. The molecule has 1 aromatic heterocycles. The molecule has 5 nitrogen and oxygen atoms in total. The van der Waals surface area contributed by atoms with E-state index in [4.69, 9.17) is 5.73 Å². The standard InChI is InChI=1S/C13H16N4O/c1-8-4-5-11(10(14)6-8)15-13(18)12-7-9(2)17(3)16-12/h4-7H,14H2,1-3H3,(H,15,18). The Kier molecular flexibility index (Phi) is 3.06. The number of carbonyl (C=O) groups excluding carboxylic acids is 1. The van der Waals surface area contributed by atoms with Gasteiger partial charge in [0.05, 0.1) is 11.4 Å². The predicted molar refractivity (Wildman–Crippen MR) is 71.5 cm³/mol. The van der Waals surface area contributed by atoms with Crippen LogP contribution in [0, 0.1) is 13.8 Å². The van der Waals surface area contributed by atoms with Gasteiger partial charge in [-0.25, -0.2) is 0 Å². The molecule has 0 bridgehead atoms. The Balaban J connectivity index is 2.21. The van der Waals surface area contributed by atoms with Crippen LogP contribution in [0.1, 0.15) is 21.7 Å². The molecule has 0 spiro atoms. The molecule has 0 radical (unpaired) electrons. The Labute approximate surface area is 106 Å². The van der Waals surface area contributed by atoms with Crippen LogP contribution in [0.5, 0.6) is 0 Å². The third-order valence-electron chi connectivity index (χ3n) is 2.80. The van der Waals surface area contributed by atoms with Crippen molar-refractivity contribution in [3.63, 3.8) is 0 Å². The summed E-state index contributed by atoms with van der Waals surface area (Å²) >= 11 is 0. The zero-order chi connectivity index (χ0) is 13.3. The number of aromatic nitrogens is 2. The largest absolute Gasteiger partial charge is 0.397 e. The van der Waals surface area contributed by atoms with Crippen LogP contribution in [-0.2, 0) is 7.05 Å². The summed E-state index contributed by atoms with van der Waals surface area (Å²) in [5.41, 5.74) is 9.37. The third kappa shape index (κ3) is 2.34. The van der Waals surface area contributed by atoms with Gasteiger partial charge in [0.25, 0.3) is 5.91 Å². The summed E-state index contributed by atoms with van der Waals surface area (Å²) in [6.07, 6.45) is 0. The zero-order valence-corrected chi connectivity index (χ0v) is 10.7. The predicted octanol–water partition coefficient (Wildman–Crippen LogP) is 1.87. The van der Waals surface area contributed by atoms with Crippen LogP contribution in [0.3, 0.4) is 0 Å². The fourth-order valence-corrected chi connectivity index (χ4v) is 1.65. The SMILES string of the molecule is Cc1ccc(NC(=O)c2cc(C)n(C)n2)c(N)c1. The van der Waals surface area contributed by atoms with Crippen molar-refractivity contribution in [3.8, 4) is 0 Å². The van der Waals surface area contributed by atoms with E-state index in [-0.39, 0.29) is 5.91 Å². The number of hydrogen-bond donors (Lipinski definition) is 2. The fraction of sp³-hybridized carbons (Fsp3) is 0.231. The molecule has 3 N–H and O–H groups in total. The highest BCUT2D eigenvalue weighted by Gasteiger charge is 2.12. The van der Waals surface area contributed by atoms with Gasteiger partial charge in [-0.1, -0.05) is 6.07 Å². The minimum atomic E-state index is -0.255. The molecule has 2 rings (SSSR count). The van der Waals surface area contributed by atoms with Gasteiger partial charge < -0.3 is 11.1 Å². The summed E-state index contributed by atoms with van der Waals surface area (Å²) in [6, 6.07) is 7.24. The lowest BCUT2D eigenvalue weighted by atomic mass is 10.2. The first kappa shape index (κ1) is 12.2. The smallest absolute Gasteiger partial charge is 0.276 e. The molecule has 18 heavy (non-hydrogen) atoms. The van der Waals surface area contributed by atoms with Crippen LogP contribution < -0.4 is 11.1 Å². The lowest BCUT2D eigenvalue weighted by Gasteiger charge is -2.07. The third-order valence-corrected chi connectivity index (χ3v) is 2.80.